The van der Waals surface area contributed by atoms with Crippen LogP contribution in [0.15, 0.2) is 52.6 Å². The van der Waals surface area contributed by atoms with Crippen LogP contribution < -0.4 is 19.4 Å². The van der Waals surface area contributed by atoms with Gasteiger partial charge in [-0.25, -0.2) is 0 Å². The van der Waals surface area contributed by atoms with E-state index in [2.05, 4.69) is 10.1 Å². The number of benzene rings is 2. The SMILES string of the molecule is COc1ccc(CC(=O)N2CC[NH+](CCN=C[C@@H]3C(=O)N(c4ccc([N+](=O)[O-])cc4)N=C3C)CC2)cc1OC. The fourth-order valence-electron chi connectivity index (χ4n) is 4.65. The molecule has 39 heavy (non-hydrogen) atoms. The van der Waals surface area contributed by atoms with Crippen molar-refractivity contribution in [2.24, 2.45) is 16.0 Å². The number of carbonyl (C=O) groups is 2. The minimum atomic E-state index is -0.554. The number of amides is 2. The molecule has 206 valence electrons. The third kappa shape index (κ3) is 6.58. The van der Waals surface area contributed by atoms with E-state index in [1.807, 2.05) is 23.1 Å². The van der Waals surface area contributed by atoms with E-state index in [9.17, 15) is 19.7 Å². The molecule has 12 heteroatoms. The number of carbonyl (C=O) groups excluding carboxylic acids is 2. The molecule has 2 amide bonds. The molecule has 2 aromatic rings. The standard InChI is InChI=1S/C27H32N6O6/c1-19-23(27(35)32(29-19)21-5-7-22(8-6-21)33(36)37)18-28-10-11-30-12-14-31(15-13-30)26(34)17-20-4-9-24(38-2)25(16-20)39-3/h4-9,16,18,23H,10-15,17H2,1-3H3/p+1/t23-/m0/s1. The number of nitro benzene ring substituents is 1. The first-order valence-electron chi connectivity index (χ1n) is 12.8. The van der Waals surface area contributed by atoms with Gasteiger partial charge in [-0.1, -0.05) is 6.07 Å². The van der Waals surface area contributed by atoms with E-state index in [0.717, 1.165) is 25.2 Å². The summed E-state index contributed by atoms with van der Waals surface area (Å²) in [6, 6.07) is 11.2. The molecule has 0 radical (unpaired) electrons. The largest absolute Gasteiger partial charge is 0.493 e. The second-order valence-corrected chi connectivity index (χ2v) is 9.44. The van der Waals surface area contributed by atoms with Crippen LogP contribution in [0.25, 0.3) is 0 Å². The van der Waals surface area contributed by atoms with Crippen molar-refractivity contribution in [3.63, 3.8) is 0 Å². The average molecular weight is 538 g/mol. The molecule has 1 N–H and O–H groups in total. The molecule has 1 saturated heterocycles. The van der Waals surface area contributed by atoms with Gasteiger partial charge < -0.3 is 19.3 Å². The lowest BCUT2D eigenvalue weighted by molar-refractivity contribution is -0.902. The molecule has 0 unspecified atom stereocenters. The van der Waals surface area contributed by atoms with Crippen LogP contribution in [0.3, 0.4) is 0 Å². The number of anilines is 1. The minimum absolute atomic E-state index is 0.0465. The van der Waals surface area contributed by atoms with Crippen LogP contribution in [0.5, 0.6) is 11.5 Å². The van der Waals surface area contributed by atoms with E-state index >= 15 is 0 Å². The van der Waals surface area contributed by atoms with Crippen LogP contribution in [0, 0.1) is 16.0 Å². The number of hydrazone groups is 1. The Balaban J connectivity index is 1.21. The lowest BCUT2D eigenvalue weighted by Gasteiger charge is -2.32. The summed E-state index contributed by atoms with van der Waals surface area (Å²) in [5.74, 6) is 0.541. The van der Waals surface area contributed by atoms with E-state index in [-0.39, 0.29) is 17.5 Å². The Morgan fingerprint density at radius 1 is 1.15 bits per heavy atom. The van der Waals surface area contributed by atoms with Crippen molar-refractivity contribution in [1.82, 2.24) is 4.90 Å². The Kier molecular flexibility index (Phi) is 8.87. The van der Waals surface area contributed by atoms with Crippen LogP contribution >= 0.6 is 0 Å². The van der Waals surface area contributed by atoms with E-state index in [1.54, 1.807) is 27.4 Å². The highest BCUT2D eigenvalue weighted by Crippen LogP contribution is 2.28. The van der Waals surface area contributed by atoms with Gasteiger partial charge in [0, 0.05) is 18.3 Å². The summed E-state index contributed by atoms with van der Waals surface area (Å²) in [7, 11) is 3.16. The predicted molar refractivity (Wildman–Crippen MR) is 146 cm³/mol. The van der Waals surface area contributed by atoms with Gasteiger partial charge in [-0.2, -0.15) is 10.1 Å². The Labute approximate surface area is 226 Å². The number of ether oxygens (including phenoxy) is 2. The number of nitrogens with one attached hydrogen (secondary N) is 1. The summed E-state index contributed by atoms with van der Waals surface area (Å²) < 4.78 is 10.6. The smallest absolute Gasteiger partial charge is 0.269 e. The number of quaternary nitrogens is 1. The maximum Gasteiger partial charge on any atom is 0.269 e. The van der Waals surface area contributed by atoms with Crippen molar-refractivity contribution in [2.75, 3.05) is 58.5 Å². The number of nitro groups is 1. The van der Waals surface area contributed by atoms with Gasteiger partial charge in [-0.15, -0.1) is 0 Å². The maximum absolute atomic E-state index is 12.9. The maximum atomic E-state index is 12.9. The molecule has 2 aromatic carbocycles. The van der Waals surface area contributed by atoms with Crippen molar-refractivity contribution in [2.45, 2.75) is 13.3 Å². The molecule has 2 aliphatic rings. The quantitative estimate of drug-likeness (QED) is 0.273. The van der Waals surface area contributed by atoms with Gasteiger partial charge in [0.15, 0.2) is 11.5 Å². The fraction of sp³-hybridized carbons (Fsp3) is 0.407. The Hall–Kier alpha value is -4.32. The Morgan fingerprint density at radius 2 is 1.85 bits per heavy atom. The van der Waals surface area contributed by atoms with E-state index in [4.69, 9.17) is 9.47 Å². The average Bonchev–Trinajstić information content (AvgIpc) is 3.23. The molecule has 2 heterocycles. The molecule has 1 atom stereocenters. The predicted octanol–water partition coefficient (Wildman–Crippen LogP) is 0.991. The summed E-state index contributed by atoms with van der Waals surface area (Å²) in [4.78, 5) is 43.8. The first kappa shape index (κ1) is 27.7. The van der Waals surface area contributed by atoms with Gasteiger partial charge in [0.2, 0.25) is 5.91 Å². The molecular formula is C27H33N6O6+. The topological polar surface area (TPSA) is 131 Å². The molecule has 4 rings (SSSR count). The minimum Gasteiger partial charge on any atom is -0.493 e. The lowest BCUT2D eigenvalue weighted by atomic mass is 10.1. The number of nitrogens with zero attached hydrogens (tertiary/aromatic N) is 5. The van der Waals surface area contributed by atoms with Gasteiger partial charge >= 0.3 is 0 Å². The number of hydrogen-bond acceptors (Lipinski definition) is 8. The Morgan fingerprint density at radius 3 is 2.49 bits per heavy atom. The first-order chi connectivity index (χ1) is 18.8. The monoisotopic (exact) mass is 537 g/mol. The third-order valence-electron chi connectivity index (χ3n) is 6.96. The first-order valence-corrected chi connectivity index (χ1v) is 12.8. The highest BCUT2D eigenvalue weighted by Gasteiger charge is 2.33. The van der Waals surface area contributed by atoms with Gasteiger partial charge in [0.25, 0.3) is 11.6 Å². The van der Waals surface area contributed by atoms with Crippen LogP contribution in [-0.4, -0.2) is 87.1 Å². The van der Waals surface area contributed by atoms with E-state index in [0.29, 0.717) is 49.0 Å². The van der Waals surface area contributed by atoms with Crippen LogP contribution in [0.1, 0.15) is 12.5 Å². The van der Waals surface area contributed by atoms with Crippen LogP contribution in [0.2, 0.25) is 0 Å². The van der Waals surface area contributed by atoms with Crippen molar-refractivity contribution in [1.29, 1.82) is 0 Å². The van der Waals surface area contributed by atoms with E-state index in [1.165, 1.54) is 34.2 Å². The molecule has 2 aliphatic heterocycles. The number of hydrogen-bond donors (Lipinski definition) is 1. The van der Waals surface area contributed by atoms with Crippen molar-refractivity contribution in [3.8, 4) is 11.5 Å². The number of rotatable bonds is 10. The third-order valence-corrected chi connectivity index (χ3v) is 6.96. The number of aliphatic imine (C=N–C) groups is 1. The number of methoxy groups -OCH3 is 2. The molecule has 0 aliphatic carbocycles. The molecule has 12 nitrogen and oxygen atoms in total. The zero-order valence-electron chi connectivity index (χ0n) is 22.3. The molecular weight excluding hydrogens is 504 g/mol. The zero-order valence-corrected chi connectivity index (χ0v) is 22.3. The van der Waals surface area contributed by atoms with Gasteiger partial charge in [0.05, 0.1) is 76.2 Å². The van der Waals surface area contributed by atoms with Crippen LogP contribution in [-0.2, 0) is 16.0 Å². The molecule has 0 bridgehead atoms. The highest BCUT2D eigenvalue weighted by atomic mass is 16.6. The van der Waals surface area contributed by atoms with Crippen molar-refractivity contribution < 1.29 is 28.9 Å². The van der Waals surface area contributed by atoms with Crippen molar-refractivity contribution >= 4 is 35.1 Å². The number of non-ortho nitro benzene ring substituents is 1. The summed E-state index contributed by atoms with van der Waals surface area (Å²) >= 11 is 0. The fourth-order valence-corrected chi connectivity index (χ4v) is 4.65. The normalized spacial score (nSPS) is 18.0. The molecule has 0 saturated carbocycles. The number of piperazine rings is 1. The van der Waals surface area contributed by atoms with E-state index < -0.39 is 10.8 Å². The van der Waals surface area contributed by atoms with Gasteiger partial charge in [-0.3, -0.25) is 24.7 Å². The molecule has 0 aromatic heterocycles. The van der Waals surface area contributed by atoms with Crippen LogP contribution in [0.4, 0.5) is 11.4 Å². The lowest BCUT2D eigenvalue weighted by Crippen LogP contribution is -3.15. The second-order valence-electron chi connectivity index (χ2n) is 9.44. The molecule has 0 spiro atoms. The van der Waals surface area contributed by atoms with Gasteiger partial charge in [0.1, 0.15) is 5.92 Å². The summed E-state index contributed by atoms with van der Waals surface area (Å²) in [6.07, 6.45) is 1.95. The highest BCUT2D eigenvalue weighted by molar-refractivity contribution is 6.23. The summed E-state index contributed by atoms with van der Waals surface area (Å²) in [5, 5.41) is 16.5. The Bertz CT molecular complexity index is 1270. The summed E-state index contributed by atoms with van der Waals surface area (Å²) in [6.45, 7) is 6.17. The zero-order chi connectivity index (χ0) is 27.9. The molecule has 1 fully saturated rings. The van der Waals surface area contributed by atoms with Gasteiger partial charge in [-0.05, 0) is 36.8 Å². The second kappa shape index (κ2) is 12.5. The van der Waals surface area contributed by atoms with Crippen molar-refractivity contribution in [3.05, 3.63) is 58.1 Å². The summed E-state index contributed by atoms with van der Waals surface area (Å²) in [5.41, 5.74) is 1.93.